The van der Waals surface area contributed by atoms with Gasteiger partial charge in [-0.2, -0.15) is 0 Å². The van der Waals surface area contributed by atoms with Crippen LogP contribution in [0.15, 0.2) is 28.7 Å². The van der Waals surface area contributed by atoms with Crippen molar-refractivity contribution in [3.63, 3.8) is 0 Å². The SMILES string of the molecule is NC(CNCc1ccc(Br)cc1)C(=O)O. The summed E-state index contributed by atoms with van der Waals surface area (Å²) in [5, 5.41) is 11.5. The summed E-state index contributed by atoms with van der Waals surface area (Å²) in [6, 6.07) is 6.95. The van der Waals surface area contributed by atoms with E-state index in [2.05, 4.69) is 21.2 Å². The Morgan fingerprint density at radius 2 is 2.07 bits per heavy atom. The minimum Gasteiger partial charge on any atom is -0.480 e. The summed E-state index contributed by atoms with van der Waals surface area (Å²) in [5.41, 5.74) is 6.43. The van der Waals surface area contributed by atoms with Crippen LogP contribution < -0.4 is 11.1 Å². The van der Waals surface area contributed by atoms with Gasteiger partial charge in [0.15, 0.2) is 0 Å². The predicted octanol–water partition coefficient (Wildman–Crippen LogP) is 0.951. The van der Waals surface area contributed by atoms with Gasteiger partial charge in [0, 0.05) is 17.6 Å². The number of aliphatic carboxylic acids is 1. The number of hydrogen-bond acceptors (Lipinski definition) is 3. The van der Waals surface area contributed by atoms with Crippen molar-refractivity contribution in [2.75, 3.05) is 6.54 Å². The summed E-state index contributed by atoms with van der Waals surface area (Å²) >= 11 is 3.34. The van der Waals surface area contributed by atoms with Crippen LogP contribution in [0, 0.1) is 0 Å². The smallest absolute Gasteiger partial charge is 0.321 e. The molecule has 0 aromatic heterocycles. The molecule has 1 aromatic carbocycles. The van der Waals surface area contributed by atoms with Crippen LogP contribution >= 0.6 is 15.9 Å². The van der Waals surface area contributed by atoms with Gasteiger partial charge in [0.1, 0.15) is 6.04 Å². The third-order valence-corrected chi connectivity index (χ3v) is 2.45. The van der Waals surface area contributed by atoms with Crippen LogP contribution in [0.25, 0.3) is 0 Å². The second kappa shape index (κ2) is 5.85. The molecule has 0 fully saturated rings. The summed E-state index contributed by atoms with van der Waals surface area (Å²) < 4.78 is 1.02. The van der Waals surface area contributed by atoms with Gasteiger partial charge in [-0.05, 0) is 17.7 Å². The molecule has 15 heavy (non-hydrogen) atoms. The second-order valence-corrected chi connectivity index (χ2v) is 4.12. The molecule has 0 spiro atoms. The summed E-state index contributed by atoms with van der Waals surface area (Å²) in [6.07, 6.45) is 0. The Balaban J connectivity index is 2.32. The van der Waals surface area contributed by atoms with Gasteiger partial charge in [-0.15, -0.1) is 0 Å². The summed E-state index contributed by atoms with van der Waals surface area (Å²) in [6.45, 7) is 0.889. The van der Waals surface area contributed by atoms with Crippen molar-refractivity contribution < 1.29 is 9.90 Å². The zero-order chi connectivity index (χ0) is 11.3. The van der Waals surface area contributed by atoms with E-state index >= 15 is 0 Å². The number of nitrogens with two attached hydrogens (primary N) is 1. The lowest BCUT2D eigenvalue weighted by Crippen LogP contribution is -2.40. The summed E-state index contributed by atoms with van der Waals surface area (Å²) in [5.74, 6) is -0.988. The molecule has 0 heterocycles. The van der Waals surface area contributed by atoms with E-state index in [1.165, 1.54) is 0 Å². The second-order valence-electron chi connectivity index (χ2n) is 3.20. The molecule has 4 N–H and O–H groups in total. The van der Waals surface area contributed by atoms with Crippen LogP contribution in [0.5, 0.6) is 0 Å². The first kappa shape index (κ1) is 12.2. The molecule has 0 aliphatic rings. The first-order chi connectivity index (χ1) is 7.09. The molecule has 4 nitrogen and oxygen atoms in total. The van der Waals surface area contributed by atoms with Gasteiger partial charge in [0.05, 0.1) is 0 Å². The quantitative estimate of drug-likeness (QED) is 0.746. The molecule has 82 valence electrons. The normalized spacial score (nSPS) is 12.4. The fourth-order valence-electron chi connectivity index (χ4n) is 1.06. The molecular formula is C10H13BrN2O2. The highest BCUT2D eigenvalue weighted by Crippen LogP contribution is 2.09. The van der Waals surface area contributed by atoms with Gasteiger partial charge in [0.25, 0.3) is 0 Å². The number of nitrogens with one attached hydrogen (secondary N) is 1. The molecule has 0 saturated carbocycles. The fourth-order valence-corrected chi connectivity index (χ4v) is 1.33. The zero-order valence-corrected chi connectivity index (χ0v) is 9.70. The maximum Gasteiger partial charge on any atom is 0.321 e. The Kier molecular flexibility index (Phi) is 4.74. The monoisotopic (exact) mass is 272 g/mol. The Morgan fingerprint density at radius 3 is 2.60 bits per heavy atom. The van der Waals surface area contributed by atoms with Crippen LogP contribution in [0.1, 0.15) is 5.56 Å². The van der Waals surface area contributed by atoms with Crippen molar-refractivity contribution in [1.29, 1.82) is 0 Å². The lowest BCUT2D eigenvalue weighted by Gasteiger charge is -2.08. The lowest BCUT2D eigenvalue weighted by molar-refractivity contribution is -0.138. The number of rotatable bonds is 5. The Morgan fingerprint density at radius 1 is 1.47 bits per heavy atom. The first-order valence-electron chi connectivity index (χ1n) is 4.53. The predicted molar refractivity (Wildman–Crippen MR) is 61.5 cm³/mol. The Bertz CT molecular complexity index is 327. The molecule has 0 radical (unpaired) electrons. The number of carboxylic acid groups (broad SMARTS) is 1. The standard InChI is InChI=1S/C10H13BrN2O2/c11-8-3-1-7(2-4-8)5-13-6-9(12)10(14)15/h1-4,9,13H,5-6,12H2,(H,14,15). The molecule has 0 aliphatic heterocycles. The summed E-state index contributed by atoms with van der Waals surface area (Å²) in [7, 11) is 0. The molecule has 0 saturated heterocycles. The third-order valence-electron chi connectivity index (χ3n) is 1.92. The molecule has 1 aromatic rings. The van der Waals surface area contributed by atoms with Crippen molar-refractivity contribution in [2.24, 2.45) is 5.73 Å². The van der Waals surface area contributed by atoms with E-state index < -0.39 is 12.0 Å². The van der Waals surface area contributed by atoms with E-state index in [9.17, 15) is 4.79 Å². The highest BCUT2D eigenvalue weighted by Gasteiger charge is 2.09. The molecule has 1 unspecified atom stereocenters. The minimum absolute atomic E-state index is 0.269. The zero-order valence-electron chi connectivity index (χ0n) is 8.11. The van der Waals surface area contributed by atoms with Crippen LogP contribution in [0.2, 0.25) is 0 Å². The van der Waals surface area contributed by atoms with Gasteiger partial charge >= 0.3 is 5.97 Å². The fraction of sp³-hybridized carbons (Fsp3) is 0.300. The molecule has 1 atom stereocenters. The number of carbonyl (C=O) groups is 1. The summed E-state index contributed by atoms with van der Waals surface area (Å²) in [4.78, 5) is 10.4. The van der Waals surface area contributed by atoms with Crippen molar-refractivity contribution in [3.05, 3.63) is 34.3 Å². The van der Waals surface area contributed by atoms with E-state index in [0.29, 0.717) is 6.54 Å². The van der Waals surface area contributed by atoms with E-state index in [1.807, 2.05) is 24.3 Å². The van der Waals surface area contributed by atoms with E-state index in [1.54, 1.807) is 0 Å². The van der Waals surface area contributed by atoms with Crippen LogP contribution in [-0.4, -0.2) is 23.7 Å². The van der Waals surface area contributed by atoms with Gasteiger partial charge in [0.2, 0.25) is 0 Å². The van der Waals surface area contributed by atoms with Gasteiger partial charge < -0.3 is 16.2 Å². The number of benzene rings is 1. The third kappa shape index (κ3) is 4.42. The molecule has 0 bridgehead atoms. The average molecular weight is 273 g/mol. The average Bonchev–Trinajstić information content (AvgIpc) is 2.20. The van der Waals surface area contributed by atoms with Gasteiger partial charge in [-0.25, -0.2) is 0 Å². The van der Waals surface area contributed by atoms with E-state index in [4.69, 9.17) is 10.8 Å². The van der Waals surface area contributed by atoms with E-state index in [-0.39, 0.29) is 6.54 Å². The number of halogens is 1. The largest absolute Gasteiger partial charge is 0.480 e. The van der Waals surface area contributed by atoms with Crippen molar-refractivity contribution in [1.82, 2.24) is 5.32 Å². The Hall–Kier alpha value is -0.910. The van der Waals surface area contributed by atoms with Gasteiger partial charge in [-0.3, -0.25) is 4.79 Å². The topological polar surface area (TPSA) is 75.3 Å². The van der Waals surface area contributed by atoms with E-state index in [0.717, 1.165) is 10.0 Å². The lowest BCUT2D eigenvalue weighted by atomic mass is 10.2. The highest BCUT2D eigenvalue weighted by molar-refractivity contribution is 9.10. The molecule has 0 aliphatic carbocycles. The van der Waals surface area contributed by atoms with Crippen LogP contribution in [0.4, 0.5) is 0 Å². The van der Waals surface area contributed by atoms with Crippen molar-refractivity contribution in [2.45, 2.75) is 12.6 Å². The number of carboxylic acids is 1. The highest BCUT2D eigenvalue weighted by atomic mass is 79.9. The minimum atomic E-state index is -0.988. The van der Waals surface area contributed by atoms with Crippen LogP contribution in [0.3, 0.4) is 0 Å². The maximum atomic E-state index is 10.4. The van der Waals surface area contributed by atoms with Crippen molar-refractivity contribution >= 4 is 21.9 Å². The first-order valence-corrected chi connectivity index (χ1v) is 5.32. The molecule has 1 rings (SSSR count). The number of hydrogen-bond donors (Lipinski definition) is 3. The maximum absolute atomic E-state index is 10.4. The molecule has 0 amide bonds. The molecular weight excluding hydrogens is 260 g/mol. The Labute approximate surface area is 96.6 Å². The van der Waals surface area contributed by atoms with Gasteiger partial charge in [-0.1, -0.05) is 28.1 Å². The van der Waals surface area contributed by atoms with Crippen molar-refractivity contribution in [3.8, 4) is 0 Å². The van der Waals surface area contributed by atoms with Crippen LogP contribution in [-0.2, 0) is 11.3 Å². The molecule has 5 heteroatoms.